The number of hydrogen-bond donors (Lipinski definition) is 2. The molecule has 0 saturated heterocycles. The fourth-order valence-electron chi connectivity index (χ4n) is 2.05. The molecule has 1 heterocycles. The van der Waals surface area contributed by atoms with Gasteiger partial charge in [0.15, 0.2) is 6.61 Å². The molecule has 0 aromatic heterocycles. The van der Waals surface area contributed by atoms with Crippen LogP contribution in [0.2, 0.25) is 0 Å². The molecule has 4 nitrogen and oxygen atoms in total. The van der Waals surface area contributed by atoms with Crippen LogP contribution in [0.1, 0.15) is 5.56 Å². The molecule has 2 aromatic carbocycles. The number of carbonyl (C=O) groups excluding carboxylic acids is 1. The van der Waals surface area contributed by atoms with Gasteiger partial charge in [0.25, 0.3) is 5.91 Å². The molecule has 0 unspecified atom stereocenters. The first-order valence-electron chi connectivity index (χ1n) is 6.36. The molecule has 108 valence electrons. The van der Waals surface area contributed by atoms with E-state index in [-0.39, 0.29) is 18.3 Å². The van der Waals surface area contributed by atoms with Crippen LogP contribution in [0, 0.1) is 5.82 Å². The molecule has 0 saturated carbocycles. The van der Waals surface area contributed by atoms with Crippen LogP contribution in [0.5, 0.6) is 5.75 Å². The standard InChI is InChI=1S/C15H12BrFN2O2/c16-11-3-1-9(5-12(11)17)7-18-10-2-4-14-13(6-10)19-15(20)8-21-14/h1-6,18H,7-8H2,(H,19,20). The van der Waals surface area contributed by atoms with E-state index in [1.807, 2.05) is 12.1 Å². The van der Waals surface area contributed by atoms with Gasteiger partial charge >= 0.3 is 0 Å². The van der Waals surface area contributed by atoms with Gasteiger partial charge in [-0.15, -0.1) is 0 Å². The molecule has 21 heavy (non-hydrogen) atoms. The molecule has 6 heteroatoms. The molecular formula is C15H12BrFN2O2. The van der Waals surface area contributed by atoms with Crippen molar-refractivity contribution in [3.05, 3.63) is 52.3 Å². The minimum atomic E-state index is -0.291. The maximum absolute atomic E-state index is 13.4. The monoisotopic (exact) mass is 350 g/mol. The summed E-state index contributed by atoms with van der Waals surface area (Å²) in [4.78, 5) is 11.3. The number of halogens is 2. The van der Waals surface area contributed by atoms with E-state index in [0.717, 1.165) is 11.3 Å². The lowest BCUT2D eigenvalue weighted by molar-refractivity contribution is -0.118. The molecule has 0 atom stereocenters. The lowest BCUT2D eigenvalue weighted by Crippen LogP contribution is -2.25. The van der Waals surface area contributed by atoms with Gasteiger partial charge in [0.1, 0.15) is 11.6 Å². The van der Waals surface area contributed by atoms with Crippen LogP contribution in [-0.4, -0.2) is 12.5 Å². The molecule has 1 aliphatic rings. The third-order valence-corrected chi connectivity index (χ3v) is 3.74. The smallest absolute Gasteiger partial charge is 0.262 e. The van der Waals surface area contributed by atoms with Gasteiger partial charge < -0.3 is 15.4 Å². The molecule has 3 rings (SSSR count). The number of rotatable bonds is 3. The van der Waals surface area contributed by atoms with E-state index in [4.69, 9.17) is 4.74 Å². The zero-order valence-electron chi connectivity index (χ0n) is 11.0. The second kappa shape index (κ2) is 5.73. The molecule has 0 bridgehead atoms. The summed E-state index contributed by atoms with van der Waals surface area (Å²) in [6.07, 6.45) is 0. The lowest BCUT2D eigenvalue weighted by Gasteiger charge is -2.19. The molecule has 0 fully saturated rings. The highest BCUT2D eigenvalue weighted by molar-refractivity contribution is 9.10. The Morgan fingerprint density at radius 2 is 2.14 bits per heavy atom. The zero-order chi connectivity index (χ0) is 14.8. The zero-order valence-corrected chi connectivity index (χ0v) is 12.5. The van der Waals surface area contributed by atoms with Crippen molar-refractivity contribution >= 4 is 33.2 Å². The summed E-state index contributed by atoms with van der Waals surface area (Å²) in [7, 11) is 0. The van der Waals surface area contributed by atoms with Crippen molar-refractivity contribution in [3.63, 3.8) is 0 Å². The summed E-state index contributed by atoms with van der Waals surface area (Å²) >= 11 is 3.12. The first-order valence-corrected chi connectivity index (χ1v) is 7.15. The average molecular weight is 351 g/mol. The van der Waals surface area contributed by atoms with E-state index < -0.39 is 0 Å². The van der Waals surface area contributed by atoms with Crippen molar-refractivity contribution in [3.8, 4) is 5.75 Å². The predicted molar refractivity (Wildman–Crippen MR) is 82.0 cm³/mol. The van der Waals surface area contributed by atoms with Gasteiger partial charge in [-0.3, -0.25) is 4.79 Å². The Kier molecular flexibility index (Phi) is 3.79. The summed E-state index contributed by atoms with van der Waals surface area (Å²) in [6, 6.07) is 10.4. The highest BCUT2D eigenvalue weighted by atomic mass is 79.9. The first kappa shape index (κ1) is 13.9. The highest BCUT2D eigenvalue weighted by Crippen LogP contribution is 2.30. The van der Waals surface area contributed by atoms with E-state index in [0.29, 0.717) is 22.5 Å². The van der Waals surface area contributed by atoms with Crippen molar-refractivity contribution in [2.45, 2.75) is 6.54 Å². The number of carbonyl (C=O) groups is 1. The van der Waals surface area contributed by atoms with Crippen molar-refractivity contribution in [1.29, 1.82) is 0 Å². The van der Waals surface area contributed by atoms with E-state index in [9.17, 15) is 9.18 Å². The van der Waals surface area contributed by atoms with E-state index >= 15 is 0 Å². The van der Waals surface area contributed by atoms with Crippen LogP contribution >= 0.6 is 15.9 Å². The second-order valence-electron chi connectivity index (χ2n) is 4.65. The minimum absolute atomic E-state index is 0.0396. The van der Waals surface area contributed by atoms with Crippen molar-refractivity contribution in [1.82, 2.24) is 0 Å². The molecule has 0 spiro atoms. The maximum Gasteiger partial charge on any atom is 0.262 e. The Bertz CT molecular complexity index is 706. The second-order valence-corrected chi connectivity index (χ2v) is 5.50. The van der Waals surface area contributed by atoms with Gasteiger partial charge in [0, 0.05) is 12.2 Å². The normalized spacial score (nSPS) is 13.1. The van der Waals surface area contributed by atoms with Crippen molar-refractivity contribution in [2.24, 2.45) is 0 Å². The molecule has 2 N–H and O–H groups in total. The number of nitrogens with one attached hydrogen (secondary N) is 2. The number of anilines is 2. The Morgan fingerprint density at radius 1 is 1.29 bits per heavy atom. The molecule has 0 radical (unpaired) electrons. The largest absolute Gasteiger partial charge is 0.482 e. The third-order valence-electron chi connectivity index (χ3n) is 3.09. The fourth-order valence-corrected chi connectivity index (χ4v) is 2.29. The Balaban J connectivity index is 1.72. The summed E-state index contributed by atoms with van der Waals surface area (Å²) in [6.45, 7) is 0.524. The van der Waals surface area contributed by atoms with Crippen LogP contribution in [-0.2, 0) is 11.3 Å². The fraction of sp³-hybridized carbons (Fsp3) is 0.133. The number of ether oxygens (including phenoxy) is 1. The van der Waals surface area contributed by atoms with E-state index in [1.54, 1.807) is 18.2 Å². The van der Waals surface area contributed by atoms with Gasteiger partial charge in [0.2, 0.25) is 0 Å². The van der Waals surface area contributed by atoms with Crippen LogP contribution in [0.4, 0.5) is 15.8 Å². The maximum atomic E-state index is 13.4. The summed E-state index contributed by atoms with van der Waals surface area (Å²) < 4.78 is 19.2. The van der Waals surface area contributed by atoms with Gasteiger partial charge in [-0.2, -0.15) is 0 Å². The third kappa shape index (κ3) is 3.16. The number of hydrogen-bond acceptors (Lipinski definition) is 3. The van der Waals surface area contributed by atoms with E-state index in [2.05, 4.69) is 26.6 Å². The molecule has 0 aliphatic carbocycles. The highest BCUT2D eigenvalue weighted by Gasteiger charge is 2.15. The van der Waals surface area contributed by atoms with Crippen molar-refractivity contribution < 1.29 is 13.9 Å². The van der Waals surface area contributed by atoms with Crippen LogP contribution < -0.4 is 15.4 Å². The Hall–Kier alpha value is -2.08. The SMILES string of the molecule is O=C1COc2ccc(NCc3ccc(Br)c(F)c3)cc2N1. The molecular weight excluding hydrogens is 339 g/mol. The van der Waals surface area contributed by atoms with Crippen molar-refractivity contribution in [2.75, 3.05) is 17.2 Å². The molecule has 1 amide bonds. The quantitative estimate of drug-likeness (QED) is 0.890. The summed E-state index contributed by atoms with van der Waals surface area (Å²) in [5.74, 6) is 0.185. The average Bonchev–Trinajstić information content (AvgIpc) is 2.48. The number of benzene rings is 2. The van der Waals surface area contributed by atoms with Crippen LogP contribution in [0.3, 0.4) is 0 Å². The number of fused-ring (bicyclic) bond motifs is 1. The first-order chi connectivity index (χ1) is 10.1. The topological polar surface area (TPSA) is 50.4 Å². The summed E-state index contributed by atoms with van der Waals surface area (Å²) in [5, 5.41) is 5.93. The van der Waals surface area contributed by atoms with Gasteiger partial charge in [-0.05, 0) is 51.8 Å². The lowest BCUT2D eigenvalue weighted by atomic mass is 10.2. The Labute approximate surface area is 129 Å². The van der Waals surface area contributed by atoms with Gasteiger partial charge in [0.05, 0.1) is 10.2 Å². The van der Waals surface area contributed by atoms with Gasteiger partial charge in [-0.1, -0.05) is 6.07 Å². The molecule has 2 aromatic rings. The van der Waals surface area contributed by atoms with Gasteiger partial charge in [-0.25, -0.2) is 4.39 Å². The number of amides is 1. The minimum Gasteiger partial charge on any atom is -0.482 e. The predicted octanol–water partition coefficient (Wildman–Crippen LogP) is 3.53. The van der Waals surface area contributed by atoms with Crippen LogP contribution in [0.15, 0.2) is 40.9 Å². The molecule has 1 aliphatic heterocycles. The van der Waals surface area contributed by atoms with Crippen LogP contribution in [0.25, 0.3) is 0 Å². The van der Waals surface area contributed by atoms with E-state index in [1.165, 1.54) is 6.07 Å². The summed E-state index contributed by atoms with van der Waals surface area (Å²) in [5.41, 5.74) is 2.29. The Morgan fingerprint density at radius 3 is 2.95 bits per heavy atom.